The van der Waals surface area contributed by atoms with Gasteiger partial charge in [0.15, 0.2) is 11.8 Å². The van der Waals surface area contributed by atoms with Crippen LogP contribution in [0.15, 0.2) is 47.1 Å². The molecule has 1 aliphatic rings. The van der Waals surface area contributed by atoms with E-state index in [0.717, 1.165) is 37.4 Å². The third-order valence-electron chi connectivity index (χ3n) is 5.77. The summed E-state index contributed by atoms with van der Waals surface area (Å²) >= 11 is 0. The summed E-state index contributed by atoms with van der Waals surface area (Å²) in [6.07, 6.45) is 2.48. The number of furan rings is 1. The van der Waals surface area contributed by atoms with Crippen molar-refractivity contribution in [3.63, 3.8) is 0 Å². The van der Waals surface area contributed by atoms with Crippen molar-refractivity contribution in [3.8, 4) is 0 Å². The van der Waals surface area contributed by atoms with E-state index in [4.69, 9.17) is 4.42 Å². The van der Waals surface area contributed by atoms with Gasteiger partial charge in [0.1, 0.15) is 5.82 Å². The number of nitrogens with one attached hydrogen (secondary N) is 1. The van der Waals surface area contributed by atoms with Crippen molar-refractivity contribution in [2.45, 2.75) is 32.9 Å². The fraction of sp³-hybridized carbons (Fsp3) is 0.455. The monoisotopic (exact) mass is 427 g/mol. The molecule has 0 saturated carbocycles. The second-order valence-corrected chi connectivity index (χ2v) is 8.36. The first kappa shape index (κ1) is 21.2. The Kier molecular flexibility index (Phi) is 6.41. The molecule has 1 aliphatic heterocycles. The van der Waals surface area contributed by atoms with Gasteiger partial charge in [-0.2, -0.15) is 0 Å². The Morgan fingerprint density at radius 2 is 1.94 bits per heavy atom. The minimum absolute atomic E-state index is 0.0934. The number of carbonyl (C=O) groups is 1. The Bertz CT molecular complexity index is 978. The molecular formula is C22H28FN6O2+. The molecule has 1 saturated heterocycles. The molecule has 1 atom stereocenters. The minimum atomic E-state index is -0.272. The molecule has 9 heteroatoms. The summed E-state index contributed by atoms with van der Waals surface area (Å²) in [4.78, 5) is 15.7. The van der Waals surface area contributed by atoms with E-state index in [2.05, 4.69) is 29.4 Å². The van der Waals surface area contributed by atoms with Crippen molar-refractivity contribution in [3.05, 3.63) is 65.6 Å². The molecule has 0 spiro atoms. The third-order valence-corrected chi connectivity index (χ3v) is 5.77. The number of aromatic nitrogens is 4. The van der Waals surface area contributed by atoms with Gasteiger partial charge >= 0.3 is 0 Å². The van der Waals surface area contributed by atoms with Crippen LogP contribution in [-0.4, -0.2) is 57.2 Å². The first-order valence-corrected chi connectivity index (χ1v) is 10.7. The summed E-state index contributed by atoms with van der Waals surface area (Å²) in [6, 6.07) is 9.82. The van der Waals surface area contributed by atoms with Gasteiger partial charge in [-0.1, -0.05) is 13.8 Å². The van der Waals surface area contributed by atoms with Crippen LogP contribution in [0.25, 0.3) is 0 Å². The van der Waals surface area contributed by atoms with Gasteiger partial charge in [-0.05, 0) is 59.2 Å². The lowest BCUT2D eigenvalue weighted by molar-refractivity contribution is -0.930. The number of hydrogen-bond acceptors (Lipinski definition) is 5. The second-order valence-electron chi connectivity index (χ2n) is 8.36. The van der Waals surface area contributed by atoms with Gasteiger partial charge < -0.3 is 14.2 Å². The highest BCUT2D eigenvalue weighted by Crippen LogP contribution is 2.19. The van der Waals surface area contributed by atoms with E-state index < -0.39 is 0 Å². The van der Waals surface area contributed by atoms with Gasteiger partial charge in [0, 0.05) is 12.1 Å². The number of aryl methyl sites for hydroxylation is 1. The number of piperazine rings is 1. The van der Waals surface area contributed by atoms with Crippen molar-refractivity contribution in [2.75, 3.05) is 26.2 Å². The van der Waals surface area contributed by atoms with Crippen molar-refractivity contribution in [1.29, 1.82) is 0 Å². The number of amides is 1. The van der Waals surface area contributed by atoms with Crippen LogP contribution in [0, 0.1) is 11.7 Å². The molecule has 1 fully saturated rings. The number of carbonyl (C=O) groups excluding carboxylic acids is 1. The first-order valence-electron chi connectivity index (χ1n) is 10.7. The zero-order valence-corrected chi connectivity index (χ0v) is 17.9. The molecule has 0 aliphatic carbocycles. The molecule has 1 amide bonds. The maximum Gasteiger partial charge on any atom is 0.289 e. The van der Waals surface area contributed by atoms with Crippen LogP contribution in [0.4, 0.5) is 4.39 Å². The largest absolute Gasteiger partial charge is 0.459 e. The highest BCUT2D eigenvalue weighted by molar-refractivity contribution is 5.91. The number of rotatable bonds is 7. The Morgan fingerprint density at radius 1 is 1.19 bits per heavy atom. The normalized spacial score (nSPS) is 16.1. The summed E-state index contributed by atoms with van der Waals surface area (Å²) in [5, 5.41) is 12.5. The number of nitrogens with zero attached hydrogens (tertiary/aromatic N) is 5. The molecule has 3 aromatic rings. The SMILES string of the molecule is CC(C)CCn1nnnc1[C@H](c1ccc(F)cc1)[NH+]1CCN(C(=O)c2ccco2)CC1. The molecule has 4 rings (SSSR count). The standard InChI is InChI=1S/C22H27FN6O2/c1-16(2)9-10-29-21(24-25-26-29)20(17-5-7-18(23)8-6-17)27-11-13-28(14-12-27)22(30)19-4-3-15-31-19/h3-8,15-16,20H,9-14H2,1-2H3/p+1/t20-/m0/s1. The van der Waals surface area contributed by atoms with Crippen molar-refractivity contribution < 1.29 is 18.5 Å². The van der Waals surface area contributed by atoms with E-state index in [0.29, 0.717) is 24.8 Å². The maximum absolute atomic E-state index is 13.6. The Hall–Kier alpha value is -3.07. The van der Waals surface area contributed by atoms with Crippen LogP contribution >= 0.6 is 0 Å². The van der Waals surface area contributed by atoms with Gasteiger partial charge in [0.05, 0.1) is 32.4 Å². The van der Waals surface area contributed by atoms with Gasteiger partial charge in [0.2, 0.25) is 5.82 Å². The lowest BCUT2D eigenvalue weighted by Gasteiger charge is -2.36. The Morgan fingerprint density at radius 3 is 2.58 bits per heavy atom. The molecule has 3 heterocycles. The number of benzene rings is 1. The smallest absolute Gasteiger partial charge is 0.289 e. The number of quaternary nitrogens is 1. The average molecular weight is 428 g/mol. The van der Waals surface area contributed by atoms with Crippen LogP contribution in [-0.2, 0) is 6.54 Å². The highest BCUT2D eigenvalue weighted by atomic mass is 19.1. The fourth-order valence-corrected chi connectivity index (χ4v) is 4.02. The zero-order valence-electron chi connectivity index (χ0n) is 17.9. The topological polar surface area (TPSA) is 81.5 Å². The summed E-state index contributed by atoms with van der Waals surface area (Å²) in [6.45, 7) is 7.72. The molecule has 2 aromatic heterocycles. The zero-order chi connectivity index (χ0) is 21.8. The average Bonchev–Trinajstić information content (AvgIpc) is 3.46. The quantitative estimate of drug-likeness (QED) is 0.619. The van der Waals surface area contributed by atoms with Gasteiger partial charge in [-0.3, -0.25) is 4.79 Å². The molecule has 0 radical (unpaired) electrons. The summed E-state index contributed by atoms with van der Waals surface area (Å²) < 4.78 is 20.7. The molecule has 0 bridgehead atoms. The van der Waals surface area contributed by atoms with Crippen molar-refractivity contribution in [2.24, 2.45) is 5.92 Å². The van der Waals surface area contributed by atoms with Crippen LogP contribution in [0.1, 0.15) is 48.3 Å². The van der Waals surface area contributed by atoms with Gasteiger partial charge in [0.25, 0.3) is 5.91 Å². The molecule has 31 heavy (non-hydrogen) atoms. The van der Waals surface area contributed by atoms with E-state index in [-0.39, 0.29) is 17.8 Å². The van der Waals surface area contributed by atoms with Crippen molar-refractivity contribution in [1.82, 2.24) is 25.1 Å². The molecule has 0 unspecified atom stereocenters. The van der Waals surface area contributed by atoms with Crippen LogP contribution < -0.4 is 4.90 Å². The number of tetrazole rings is 1. The Balaban J connectivity index is 1.56. The van der Waals surface area contributed by atoms with Gasteiger partial charge in [-0.25, -0.2) is 9.07 Å². The molecule has 8 nitrogen and oxygen atoms in total. The lowest BCUT2D eigenvalue weighted by Crippen LogP contribution is -3.15. The first-order chi connectivity index (χ1) is 15.0. The van der Waals surface area contributed by atoms with E-state index in [1.54, 1.807) is 24.3 Å². The third kappa shape index (κ3) is 4.82. The van der Waals surface area contributed by atoms with Crippen LogP contribution in [0.5, 0.6) is 0 Å². The summed E-state index contributed by atoms with van der Waals surface area (Å²) in [5.41, 5.74) is 0.961. The molecule has 164 valence electrons. The van der Waals surface area contributed by atoms with E-state index in [1.807, 2.05) is 9.58 Å². The van der Waals surface area contributed by atoms with Gasteiger partial charge in [-0.15, -0.1) is 5.10 Å². The number of halogens is 1. The van der Waals surface area contributed by atoms with Crippen molar-refractivity contribution >= 4 is 5.91 Å². The second kappa shape index (κ2) is 9.38. The summed E-state index contributed by atoms with van der Waals surface area (Å²) in [5.74, 6) is 1.30. The number of hydrogen-bond donors (Lipinski definition) is 1. The minimum Gasteiger partial charge on any atom is -0.459 e. The predicted molar refractivity (Wildman–Crippen MR) is 111 cm³/mol. The summed E-state index contributed by atoms with van der Waals surface area (Å²) in [7, 11) is 0. The van der Waals surface area contributed by atoms with Crippen LogP contribution in [0.2, 0.25) is 0 Å². The van der Waals surface area contributed by atoms with E-state index in [9.17, 15) is 9.18 Å². The fourth-order valence-electron chi connectivity index (χ4n) is 4.02. The molecule has 1 N–H and O–H groups in total. The molecular weight excluding hydrogens is 399 g/mol. The van der Waals surface area contributed by atoms with Crippen LogP contribution in [0.3, 0.4) is 0 Å². The lowest BCUT2D eigenvalue weighted by atomic mass is 10.0. The highest BCUT2D eigenvalue weighted by Gasteiger charge is 2.35. The predicted octanol–water partition coefficient (Wildman–Crippen LogP) is 1.58. The molecule has 1 aromatic carbocycles. The Labute approximate surface area is 180 Å². The van der Waals surface area contributed by atoms with E-state index in [1.165, 1.54) is 23.3 Å². The maximum atomic E-state index is 13.6. The van der Waals surface area contributed by atoms with E-state index >= 15 is 0 Å².